The molecule has 0 aromatic heterocycles. The van der Waals surface area contributed by atoms with Crippen molar-refractivity contribution in [2.24, 2.45) is 0 Å². The molecule has 1 aromatic carbocycles. The lowest BCUT2D eigenvalue weighted by molar-refractivity contribution is -0.143. The predicted molar refractivity (Wildman–Crippen MR) is 92.8 cm³/mol. The third kappa shape index (κ3) is 3.76. The van der Waals surface area contributed by atoms with Gasteiger partial charge in [-0.1, -0.05) is 38.1 Å². The van der Waals surface area contributed by atoms with Crippen molar-refractivity contribution in [2.45, 2.75) is 26.2 Å². The Balaban J connectivity index is 2.11. The van der Waals surface area contributed by atoms with Gasteiger partial charge in [-0.3, -0.25) is 19.3 Å². The van der Waals surface area contributed by atoms with Crippen molar-refractivity contribution in [3.8, 4) is 0 Å². The van der Waals surface area contributed by atoms with Gasteiger partial charge in [0.2, 0.25) is 5.91 Å². The van der Waals surface area contributed by atoms with E-state index in [2.05, 4.69) is 11.9 Å². The summed E-state index contributed by atoms with van der Waals surface area (Å²) in [5, 5.41) is 2.72. The molecule has 0 unspecified atom stereocenters. The maximum atomic E-state index is 12.3. The van der Waals surface area contributed by atoms with Crippen LogP contribution in [0.25, 0.3) is 0 Å². The highest BCUT2D eigenvalue weighted by molar-refractivity contribution is 6.45. The van der Waals surface area contributed by atoms with Crippen LogP contribution in [-0.4, -0.2) is 46.6 Å². The van der Waals surface area contributed by atoms with Gasteiger partial charge in [0.25, 0.3) is 0 Å². The van der Waals surface area contributed by atoms with Crippen molar-refractivity contribution in [2.75, 3.05) is 18.4 Å². The van der Waals surface area contributed by atoms with Crippen LogP contribution in [0.2, 0.25) is 0 Å². The number of hydrogen-bond donors (Lipinski definition) is 1. The number of amides is 5. The van der Waals surface area contributed by atoms with Crippen molar-refractivity contribution < 1.29 is 19.2 Å². The number of para-hydroxylation sites is 1. The number of urea groups is 1. The zero-order valence-electron chi connectivity index (χ0n) is 14.3. The molecule has 5 amide bonds. The average Bonchev–Trinajstić information content (AvgIpc) is 2.80. The zero-order valence-corrected chi connectivity index (χ0v) is 14.3. The average molecular weight is 343 g/mol. The first-order chi connectivity index (χ1) is 11.9. The number of anilines is 1. The maximum Gasteiger partial charge on any atom is 0.335 e. The van der Waals surface area contributed by atoms with E-state index < -0.39 is 30.3 Å². The van der Waals surface area contributed by atoms with Gasteiger partial charge in [-0.2, -0.15) is 0 Å². The predicted octanol–water partition coefficient (Wildman–Crippen LogP) is 2.12. The third-order valence-electron chi connectivity index (χ3n) is 4.13. The molecule has 1 heterocycles. The molecule has 1 N–H and O–H groups in total. The summed E-state index contributed by atoms with van der Waals surface area (Å²) in [6, 6.07) is 6.56. The molecule has 7 heteroatoms. The number of carbonyl (C=O) groups is 4. The first-order valence-electron chi connectivity index (χ1n) is 8.07. The molecule has 1 aromatic rings. The SMILES string of the molecule is C=CCN1C(=O)C(=O)N(CC(=O)Nc2ccccc2[C@H](C)CC)C1=O. The second-order valence-electron chi connectivity index (χ2n) is 5.82. The Kier molecular flexibility index (Phi) is 5.69. The van der Waals surface area contributed by atoms with E-state index in [-0.39, 0.29) is 12.5 Å². The highest BCUT2D eigenvalue weighted by Crippen LogP contribution is 2.26. The molecule has 1 fully saturated rings. The summed E-state index contributed by atoms with van der Waals surface area (Å²) >= 11 is 0. The third-order valence-corrected chi connectivity index (χ3v) is 4.13. The van der Waals surface area contributed by atoms with E-state index >= 15 is 0 Å². The van der Waals surface area contributed by atoms with Crippen LogP contribution in [0, 0.1) is 0 Å². The molecular weight excluding hydrogens is 322 g/mol. The van der Waals surface area contributed by atoms with Gasteiger partial charge in [-0.25, -0.2) is 9.69 Å². The van der Waals surface area contributed by atoms with Crippen molar-refractivity contribution in [3.63, 3.8) is 0 Å². The normalized spacial score (nSPS) is 15.5. The van der Waals surface area contributed by atoms with E-state index in [1.165, 1.54) is 6.08 Å². The van der Waals surface area contributed by atoms with E-state index in [1.54, 1.807) is 12.1 Å². The molecule has 132 valence electrons. The second-order valence-corrected chi connectivity index (χ2v) is 5.82. The zero-order chi connectivity index (χ0) is 18.6. The molecule has 2 rings (SSSR count). The number of nitrogens with zero attached hydrogens (tertiary/aromatic N) is 2. The monoisotopic (exact) mass is 343 g/mol. The standard InChI is InChI=1S/C18H21N3O4/c1-4-10-20-16(23)17(24)21(18(20)25)11-15(22)19-14-9-7-6-8-13(14)12(3)5-2/h4,6-9,12H,1,5,10-11H2,2-3H3,(H,19,22)/t12-/m1/s1. The Hall–Kier alpha value is -2.96. The van der Waals surface area contributed by atoms with Crippen molar-refractivity contribution in [1.29, 1.82) is 0 Å². The Labute approximate surface area is 146 Å². The smallest absolute Gasteiger partial charge is 0.324 e. The Bertz CT molecular complexity index is 729. The van der Waals surface area contributed by atoms with E-state index in [0.717, 1.165) is 16.9 Å². The molecule has 25 heavy (non-hydrogen) atoms. The summed E-state index contributed by atoms with van der Waals surface area (Å²) < 4.78 is 0. The molecule has 1 atom stereocenters. The van der Waals surface area contributed by atoms with Crippen LogP contribution in [-0.2, 0) is 14.4 Å². The largest absolute Gasteiger partial charge is 0.335 e. The molecule has 1 saturated heterocycles. The van der Waals surface area contributed by atoms with Crippen molar-refractivity contribution in [3.05, 3.63) is 42.5 Å². The lowest BCUT2D eigenvalue weighted by atomic mass is 9.97. The van der Waals surface area contributed by atoms with Gasteiger partial charge >= 0.3 is 17.8 Å². The Morgan fingerprint density at radius 3 is 2.48 bits per heavy atom. The van der Waals surface area contributed by atoms with Crippen LogP contribution >= 0.6 is 0 Å². The summed E-state index contributed by atoms with van der Waals surface area (Å²) in [4.78, 5) is 49.5. The van der Waals surface area contributed by atoms with Crippen LogP contribution in [0.5, 0.6) is 0 Å². The second kappa shape index (κ2) is 7.74. The number of rotatable bonds is 7. The van der Waals surface area contributed by atoms with Crippen LogP contribution in [0.15, 0.2) is 36.9 Å². The highest BCUT2D eigenvalue weighted by atomic mass is 16.2. The van der Waals surface area contributed by atoms with Gasteiger partial charge < -0.3 is 5.32 Å². The van der Waals surface area contributed by atoms with E-state index in [0.29, 0.717) is 10.6 Å². The number of nitrogens with one attached hydrogen (secondary N) is 1. The fourth-order valence-electron chi connectivity index (χ4n) is 2.57. The van der Waals surface area contributed by atoms with Gasteiger partial charge in [0, 0.05) is 12.2 Å². The number of carbonyl (C=O) groups excluding carboxylic acids is 4. The van der Waals surface area contributed by atoms with E-state index in [4.69, 9.17) is 0 Å². The minimum absolute atomic E-state index is 0.0711. The molecule has 0 spiro atoms. The maximum absolute atomic E-state index is 12.3. The van der Waals surface area contributed by atoms with E-state index in [1.807, 2.05) is 26.0 Å². The van der Waals surface area contributed by atoms with Gasteiger partial charge in [-0.15, -0.1) is 6.58 Å². The Morgan fingerprint density at radius 2 is 1.84 bits per heavy atom. The topological polar surface area (TPSA) is 86.8 Å². The number of benzene rings is 1. The van der Waals surface area contributed by atoms with E-state index in [9.17, 15) is 19.2 Å². The van der Waals surface area contributed by atoms with Crippen LogP contribution < -0.4 is 5.32 Å². The summed E-state index contributed by atoms with van der Waals surface area (Å²) in [7, 11) is 0. The Morgan fingerprint density at radius 1 is 1.20 bits per heavy atom. The molecule has 0 saturated carbocycles. The number of imide groups is 2. The van der Waals surface area contributed by atoms with Gasteiger partial charge in [-0.05, 0) is 24.0 Å². The van der Waals surface area contributed by atoms with Crippen molar-refractivity contribution in [1.82, 2.24) is 9.80 Å². The molecule has 0 aliphatic carbocycles. The van der Waals surface area contributed by atoms with Crippen LogP contribution in [0.3, 0.4) is 0 Å². The molecular formula is C18H21N3O4. The molecule has 7 nitrogen and oxygen atoms in total. The molecule has 0 radical (unpaired) electrons. The van der Waals surface area contributed by atoms with Gasteiger partial charge in [0.1, 0.15) is 6.54 Å². The molecule has 1 aliphatic heterocycles. The fraction of sp³-hybridized carbons (Fsp3) is 0.333. The summed E-state index contributed by atoms with van der Waals surface area (Å²) in [5.41, 5.74) is 1.61. The highest BCUT2D eigenvalue weighted by Gasteiger charge is 2.44. The number of hydrogen-bond acceptors (Lipinski definition) is 4. The molecule has 1 aliphatic rings. The molecule has 0 bridgehead atoms. The van der Waals surface area contributed by atoms with Crippen LogP contribution in [0.4, 0.5) is 10.5 Å². The van der Waals surface area contributed by atoms with Crippen LogP contribution in [0.1, 0.15) is 31.7 Å². The first kappa shape index (κ1) is 18.4. The summed E-state index contributed by atoms with van der Waals surface area (Å²) in [6.07, 6.45) is 2.25. The van der Waals surface area contributed by atoms with Gasteiger partial charge in [0.15, 0.2) is 0 Å². The fourth-order valence-corrected chi connectivity index (χ4v) is 2.57. The van der Waals surface area contributed by atoms with Gasteiger partial charge in [0.05, 0.1) is 0 Å². The summed E-state index contributed by atoms with van der Waals surface area (Å²) in [5.74, 6) is -2.24. The quantitative estimate of drug-likeness (QED) is 0.467. The lowest BCUT2D eigenvalue weighted by Crippen LogP contribution is -2.39. The van der Waals surface area contributed by atoms with Crippen molar-refractivity contribution >= 4 is 29.4 Å². The lowest BCUT2D eigenvalue weighted by Gasteiger charge is -2.17. The minimum atomic E-state index is -1.00. The minimum Gasteiger partial charge on any atom is -0.324 e. The summed E-state index contributed by atoms with van der Waals surface area (Å²) in [6.45, 7) is 6.95. The first-order valence-corrected chi connectivity index (χ1v) is 8.07.